The number of nitrogens with zero attached hydrogens (tertiary/aromatic N) is 3. The smallest absolute Gasteiger partial charge is 0.300 e. The lowest BCUT2D eigenvalue weighted by Gasteiger charge is -2.11. The summed E-state index contributed by atoms with van der Waals surface area (Å²) in [4.78, 5) is 13.6. The fourth-order valence-corrected chi connectivity index (χ4v) is 3.39. The maximum absolute atomic E-state index is 9.40. The molecular weight excluding hydrogens is 382 g/mol. The third kappa shape index (κ3) is 4.84. The lowest BCUT2D eigenvalue weighted by atomic mass is 10.0. The molecule has 0 unspecified atom stereocenters. The summed E-state index contributed by atoms with van der Waals surface area (Å²) in [5.41, 5.74) is 4.89. The van der Waals surface area contributed by atoms with Gasteiger partial charge in [-0.1, -0.05) is 23.4 Å². The summed E-state index contributed by atoms with van der Waals surface area (Å²) in [6.07, 6.45) is 3.33. The summed E-state index contributed by atoms with van der Waals surface area (Å²) in [7, 11) is 0. The first kappa shape index (κ1) is 21.1. The number of hydrogen-bond donors (Lipinski definition) is 1. The van der Waals surface area contributed by atoms with Gasteiger partial charge in [0.1, 0.15) is 11.8 Å². The van der Waals surface area contributed by atoms with Crippen molar-refractivity contribution in [2.45, 2.75) is 46.1 Å². The average Bonchev–Trinajstić information content (AvgIpc) is 3.37. The number of aromatic nitrogens is 2. The van der Waals surface area contributed by atoms with Crippen LogP contribution in [0.2, 0.25) is 0 Å². The highest BCUT2D eigenvalue weighted by Crippen LogP contribution is 2.32. The van der Waals surface area contributed by atoms with Crippen molar-refractivity contribution in [2.24, 2.45) is 0 Å². The van der Waals surface area contributed by atoms with Crippen molar-refractivity contribution in [3.63, 3.8) is 0 Å². The minimum Gasteiger partial charge on any atom is -0.490 e. The third-order valence-electron chi connectivity index (χ3n) is 4.52. The molecule has 0 amide bonds. The van der Waals surface area contributed by atoms with E-state index in [-0.39, 0.29) is 6.10 Å². The van der Waals surface area contributed by atoms with Gasteiger partial charge in [-0.15, -0.1) is 0 Å². The molecule has 1 aromatic heterocycles. The molecule has 0 aliphatic heterocycles. The van der Waals surface area contributed by atoms with Gasteiger partial charge in [-0.2, -0.15) is 10.2 Å². The lowest BCUT2D eigenvalue weighted by molar-refractivity contribution is -0.134. The Labute approximate surface area is 174 Å². The SMILES string of the molecule is CC(=O)O.CC(C)Oc1ccc(-c2nc(-c3cccc4c3CCC4)no2)cc1C#N. The number of carboxylic acids is 1. The van der Waals surface area contributed by atoms with E-state index in [1.54, 1.807) is 12.1 Å². The fourth-order valence-electron chi connectivity index (χ4n) is 3.39. The van der Waals surface area contributed by atoms with Crippen LogP contribution in [0.1, 0.15) is 43.9 Å². The highest BCUT2D eigenvalue weighted by Gasteiger charge is 2.19. The van der Waals surface area contributed by atoms with Crippen LogP contribution in [0.15, 0.2) is 40.9 Å². The van der Waals surface area contributed by atoms with Gasteiger partial charge in [-0.05, 0) is 62.4 Å². The molecule has 1 heterocycles. The molecule has 0 bridgehead atoms. The van der Waals surface area contributed by atoms with Crippen LogP contribution in [-0.4, -0.2) is 27.3 Å². The van der Waals surface area contributed by atoms with E-state index in [0.717, 1.165) is 25.3 Å². The molecule has 0 spiro atoms. The average molecular weight is 405 g/mol. The number of carboxylic acid groups (broad SMARTS) is 1. The van der Waals surface area contributed by atoms with Gasteiger partial charge in [-0.25, -0.2) is 0 Å². The van der Waals surface area contributed by atoms with E-state index < -0.39 is 5.97 Å². The molecule has 1 aliphatic rings. The van der Waals surface area contributed by atoms with Gasteiger partial charge in [0.15, 0.2) is 0 Å². The zero-order chi connectivity index (χ0) is 21.7. The highest BCUT2D eigenvalue weighted by atomic mass is 16.5. The number of carbonyl (C=O) groups is 1. The zero-order valence-electron chi connectivity index (χ0n) is 17.2. The molecule has 4 rings (SSSR count). The van der Waals surface area contributed by atoms with Gasteiger partial charge in [0.25, 0.3) is 11.9 Å². The molecule has 7 nitrogen and oxygen atoms in total. The number of aliphatic carboxylic acids is 1. The summed E-state index contributed by atoms with van der Waals surface area (Å²) in [5.74, 6) is 0.731. The lowest BCUT2D eigenvalue weighted by Crippen LogP contribution is -2.06. The molecule has 0 saturated heterocycles. The Bertz CT molecular complexity index is 1090. The predicted molar refractivity (Wildman–Crippen MR) is 111 cm³/mol. The maximum Gasteiger partial charge on any atom is 0.300 e. The topological polar surface area (TPSA) is 109 Å². The van der Waals surface area contributed by atoms with Crippen molar-refractivity contribution in [2.75, 3.05) is 0 Å². The number of benzene rings is 2. The summed E-state index contributed by atoms with van der Waals surface area (Å²) < 4.78 is 11.1. The normalized spacial score (nSPS) is 12.0. The van der Waals surface area contributed by atoms with Crippen molar-refractivity contribution in [3.05, 3.63) is 53.1 Å². The van der Waals surface area contributed by atoms with Gasteiger partial charge in [0.2, 0.25) is 5.82 Å². The van der Waals surface area contributed by atoms with Gasteiger partial charge < -0.3 is 14.4 Å². The molecule has 30 heavy (non-hydrogen) atoms. The number of rotatable bonds is 4. The van der Waals surface area contributed by atoms with Gasteiger partial charge in [0, 0.05) is 18.1 Å². The van der Waals surface area contributed by atoms with Crippen LogP contribution >= 0.6 is 0 Å². The van der Waals surface area contributed by atoms with E-state index in [0.29, 0.717) is 28.6 Å². The molecule has 3 aromatic rings. The van der Waals surface area contributed by atoms with Crippen molar-refractivity contribution >= 4 is 5.97 Å². The molecule has 2 aromatic carbocycles. The van der Waals surface area contributed by atoms with Gasteiger partial charge in [0.05, 0.1) is 11.7 Å². The van der Waals surface area contributed by atoms with E-state index in [4.69, 9.17) is 19.2 Å². The molecule has 0 radical (unpaired) electrons. The Hall–Kier alpha value is -3.66. The van der Waals surface area contributed by atoms with Crippen LogP contribution in [-0.2, 0) is 17.6 Å². The Balaban J connectivity index is 0.000000589. The molecule has 1 aliphatic carbocycles. The molecule has 0 fully saturated rings. The third-order valence-corrected chi connectivity index (χ3v) is 4.52. The Morgan fingerprint density at radius 1 is 1.27 bits per heavy atom. The molecule has 154 valence electrons. The van der Waals surface area contributed by atoms with Gasteiger partial charge >= 0.3 is 0 Å². The van der Waals surface area contributed by atoms with Crippen molar-refractivity contribution < 1.29 is 19.2 Å². The Kier molecular flexibility index (Phi) is 6.48. The Morgan fingerprint density at radius 2 is 2.03 bits per heavy atom. The standard InChI is InChI=1S/C21H19N3O2.C2H4O2/c1-13(2)25-19-10-9-15(11-16(19)12-22)21-23-20(24-26-21)18-8-4-6-14-5-3-7-17(14)18;1-2(3)4/h4,6,8-11,13H,3,5,7H2,1-2H3;1H3,(H,3,4). The second-order valence-electron chi connectivity index (χ2n) is 7.23. The van der Waals surface area contributed by atoms with Crippen LogP contribution in [0, 0.1) is 11.3 Å². The number of hydrogen-bond acceptors (Lipinski definition) is 6. The minimum absolute atomic E-state index is 0.00290. The van der Waals surface area contributed by atoms with Crippen LogP contribution in [0.25, 0.3) is 22.8 Å². The van der Waals surface area contributed by atoms with E-state index in [1.165, 1.54) is 17.5 Å². The van der Waals surface area contributed by atoms with Crippen LogP contribution < -0.4 is 4.74 Å². The quantitative estimate of drug-likeness (QED) is 0.673. The largest absolute Gasteiger partial charge is 0.490 e. The fraction of sp³-hybridized carbons (Fsp3) is 0.304. The Morgan fingerprint density at radius 3 is 2.73 bits per heavy atom. The molecule has 0 atom stereocenters. The van der Waals surface area contributed by atoms with Crippen molar-refractivity contribution in [1.29, 1.82) is 5.26 Å². The first-order chi connectivity index (χ1) is 14.4. The maximum atomic E-state index is 9.40. The summed E-state index contributed by atoms with van der Waals surface area (Å²) in [6, 6.07) is 13.8. The van der Waals surface area contributed by atoms with E-state index >= 15 is 0 Å². The number of nitriles is 1. The monoisotopic (exact) mass is 405 g/mol. The highest BCUT2D eigenvalue weighted by molar-refractivity contribution is 5.66. The number of fused-ring (bicyclic) bond motifs is 1. The number of aryl methyl sites for hydroxylation is 1. The molecule has 1 N–H and O–H groups in total. The van der Waals surface area contributed by atoms with E-state index in [9.17, 15) is 5.26 Å². The summed E-state index contributed by atoms with van der Waals surface area (Å²) >= 11 is 0. The van der Waals surface area contributed by atoms with Crippen LogP contribution in [0.3, 0.4) is 0 Å². The van der Waals surface area contributed by atoms with Crippen LogP contribution in [0.4, 0.5) is 0 Å². The first-order valence-electron chi connectivity index (χ1n) is 9.74. The van der Waals surface area contributed by atoms with E-state index in [1.807, 2.05) is 32.0 Å². The first-order valence-corrected chi connectivity index (χ1v) is 9.74. The molecule has 7 heteroatoms. The van der Waals surface area contributed by atoms with E-state index in [2.05, 4.69) is 22.3 Å². The van der Waals surface area contributed by atoms with Crippen molar-refractivity contribution in [3.8, 4) is 34.7 Å². The number of ether oxygens (including phenoxy) is 1. The van der Waals surface area contributed by atoms with Crippen molar-refractivity contribution in [1.82, 2.24) is 10.1 Å². The molecular formula is C23H23N3O4. The zero-order valence-corrected chi connectivity index (χ0v) is 17.2. The minimum atomic E-state index is -0.833. The predicted octanol–water partition coefficient (Wildman–Crippen LogP) is 4.64. The summed E-state index contributed by atoms with van der Waals surface area (Å²) in [5, 5.41) is 21.0. The molecule has 0 saturated carbocycles. The van der Waals surface area contributed by atoms with Crippen LogP contribution in [0.5, 0.6) is 5.75 Å². The second kappa shape index (κ2) is 9.23. The second-order valence-corrected chi connectivity index (χ2v) is 7.23. The van der Waals surface area contributed by atoms with Gasteiger partial charge in [-0.3, -0.25) is 4.79 Å². The summed E-state index contributed by atoms with van der Waals surface area (Å²) in [6.45, 7) is 4.94.